The van der Waals surface area contributed by atoms with Gasteiger partial charge in [0.25, 0.3) is 0 Å². The predicted molar refractivity (Wildman–Crippen MR) is 122 cm³/mol. The molecule has 4 heteroatoms. The van der Waals surface area contributed by atoms with E-state index in [4.69, 9.17) is 5.73 Å². The fourth-order valence-electron chi connectivity index (χ4n) is 4.29. The van der Waals surface area contributed by atoms with Crippen LogP contribution in [0.3, 0.4) is 0 Å². The molecule has 4 nitrogen and oxygen atoms in total. The van der Waals surface area contributed by atoms with Crippen LogP contribution in [0, 0.1) is 5.92 Å². The van der Waals surface area contributed by atoms with Crippen molar-refractivity contribution in [2.45, 2.75) is 51.2 Å². The topological polar surface area (TPSA) is 61.5 Å². The third-order valence-corrected chi connectivity index (χ3v) is 6.26. The highest BCUT2D eigenvalue weighted by Gasteiger charge is 2.27. The van der Waals surface area contributed by atoms with Crippen molar-refractivity contribution in [1.82, 2.24) is 4.90 Å². The number of hydrogen-bond donors (Lipinski definition) is 3. The maximum absolute atomic E-state index is 10.9. The first-order valence-electron chi connectivity index (χ1n) is 11.2. The Morgan fingerprint density at radius 1 is 1.03 bits per heavy atom. The Kier molecular flexibility index (Phi) is 8.53. The van der Waals surface area contributed by atoms with Gasteiger partial charge in [-0.05, 0) is 87.8 Å². The number of aliphatic hydroxyl groups is 1. The van der Waals surface area contributed by atoms with Gasteiger partial charge in [-0.25, -0.2) is 0 Å². The summed E-state index contributed by atoms with van der Waals surface area (Å²) in [5.74, 6) is 0.752. The number of nitrogens with two attached hydrogens (primary N) is 1. The van der Waals surface area contributed by atoms with Gasteiger partial charge in [-0.15, -0.1) is 0 Å². The number of aliphatic hydroxyl groups excluding tert-OH is 1. The van der Waals surface area contributed by atoms with Gasteiger partial charge < -0.3 is 16.2 Å². The molecule has 1 aliphatic rings. The molecule has 0 aromatic heterocycles. The molecule has 0 aliphatic carbocycles. The molecule has 29 heavy (non-hydrogen) atoms. The lowest BCUT2D eigenvalue weighted by Crippen LogP contribution is -2.43. The highest BCUT2D eigenvalue weighted by atomic mass is 16.3. The molecule has 1 aliphatic heterocycles. The van der Waals surface area contributed by atoms with E-state index >= 15 is 0 Å². The number of nitrogens with zero attached hydrogens (tertiary/aromatic N) is 1. The molecular weight excluding hydrogens is 358 g/mol. The molecule has 0 amide bonds. The molecular formula is C25H37N3O. The van der Waals surface area contributed by atoms with Crippen LogP contribution in [-0.2, 0) is 6.42 Å². The average molecular weight is 396 g/mol. The Hall–Kier alpha value is -1.88. The van der Waals surface area contributed by atoms with Crippen LogP contribution in [0.1, 0.15) is 49.8 Å². The van der Waals surface area contributed by atoms with E-state index in [0.29, 0.717) is 0 Å². The van der Waals surface area contributed by atoms with Gasteiger partial charge in [0.2, 0.25) is 0 Å². The summed E-state index contributed by atoms with van der Waals surface area (Å²) in [6.07, 6.45) is 5.26. The third-order valence-electron chi connectivity index (χ3n) is 6.26. The van der Waals surface area contributed by atoms with Crippen LogP contribution >= 0.6 is 0 Å². The Morgan fingerprint density at radius 2 is 1.72 bits per heavy atom. The summed E-state index contributed by atoms with van der Waals surface area (Å²) in [5.41, 5.74) is 9.07. The zero-order valence-corrected chi connectivity index (χ0v) is 17.8. The van der Waals surface area contributed by atoms with E-state index in [1.165, 1.54) is 24.8 Å². The highest BCUT2D eigenvalue weighted by molar-refractivity contribution is 5.45. The lowest BCUT2D eigenvalue weighted by atomic mass is 9.89. The summed E-state index contributed by atoms with van der Waals surface area (Å²) >= 11 is 0. The first-order valence-corrected chi connectivity index (χ1v) is 11.2. The fraction of sp³-hybridized carbons (Fsp3) is 0.520. The van der Waals surface area contributed by atoms with E-state index in [2.05, 4.69) is 71.7 Å². The first kappa shape index (κ1) is 21.8. The Labute approximate surface area is 176 Å². The SMILES string of the molecule is C[C@H]([C@H](O)c1ccc(NCCCCN)cc1)N1CCC(Cc2ccccc2)CC1. The lowest BCUT2D eigenvalue weighted by Gasteiger charge is -2.38. The monoisotopic (exact) mass is 395 g/mol. The van der Waals surface area contributed by atoms with Gasteiger partial charge in [-0.3, -0.25) is 4.90 Å². The molecule has 2 aromatic carbocycles. The number of hydrogen-bond acceptors (Lipinski definition) is 4. The van der Waals surface area contributed by atoms with Crippen LogP contribution in [0.25, 0.3) is 0 Å². The van der Waals surface area contributed by atoms with Crippen molar-refractivity contribution >= 4 is 5.69 Å². The van der Waals surface area contributed by atoms with E-state index in [1.54, 1.807) is 0 Å². The van der Waals surface area contributed by atoms with Crippen molar-refractivity contribution in [2.75, 3.05) is 31.5 Å². The number of rotatable bonds is 10. The fourth-order valence-corrected chi connectivity index (χ4v) is 4.29. The van der Waals surface area contributed by atoms with Crippen molar-refractivity contribution in [3.8, 4) is 0 Å². The molecule has 3 rings (SSSR count). The predicted octanol–water partition coefficient (Wildman–Crippen LogP) is 4.21. The molecule has 0 saturated carbocycles. The summed E-state index contributed by atoms with van der Waals surface area (Å²) in [6.45, 7) is 5.97. The van der Waals surface area contributed by atoms with Crippen LogP contribution in [0.5, 0.6) is 0 Å². The maximum Gasteiger partial charge on any atom is 0.0942 e. The Morgan fingerprint density at radius 3 is 2.38 bits per heavy atom. The minimum atomic E-state index is -0.452. The molecule has 1 saturated heterocycles. The summed E-state index contributed by atoms with van der Waals surface area (Å²) in [7, 11) is 0. The molecule has 1 heterocycles. The molecule has 4 N–H and O–H groups in total. The summed E-state index contributed by atoms with van der Waals surface area (Å²) < 4.78 is 0. The number of nitrogens with one attached hydrogen (secondary N) is 1. The number of benzene rings is 2. The van der Waals surface area contributed by atoms with Gasteiger partial charge in [0, 0.05) is 18.3 Å². The maximum atomic E-state index is 10.9. The number of unbranched alkanes of at least 4 members (excludes halogenated alkanes) is 1. The van der Waals surface area contributed by atoms with Gasteiger partial charge in [0.05, 0.1) is 6.10 Å². The van der Waals surface area contributed by atoms with Crippen molar-refractivity contribution in [2.24, 2.45) is 11.7 Å². The molecule has 0 spiro atoms. The highest BCUT2D eigenvalue weighted by Crippen LogP contribution is 2.28. The Balaban J connectivity index is 1.45. The molecule has 158 valence electrons. The van der Waals surface area contributed by atoms with Crippen molar-refractivity contribution in [3.05, 3.63) is 65.7 Å². The smallest absolute Gasteiger partial charge is 0.0942 e. The molecule has 0 radical (unpaired) electrons. The quantitative estimate of drug-likeness (QED) is 0.527. The van der Waals surface area contributed by atoms with Gasteiger partial charge in [0.1, 0.15) is 0 Å². The number of piperidine rings is 1. The lowest BCUT2D eigenvalue weighted by molar-refractivity contribution is 0.0373. The second kappa shape index (κ2) is 11.3. The zero-order valence-electron chi connectivity index (χ0n) is 17.8. The molecule has 2 aromatic rings. The van der Waals surface area contributed by atoms with Crippen LogP contribution < -0.4 is 11.1 Å². The Bertz CT molecular complexity index is 696. The van der Waals surface area contributed by atoms with Crippen molar-refractivity contribution in [3.63, 3.8) is 0 Å². The minimum Gasteiger partial charge on any atom is -0.387 e. The summed E-state index contributed by atoms with van der Waals surface area (Å²) in [5, 5.41) is 14.3. The average Bonchev–Trinajstić information content (AvgIpc) is 2.77. The van der Waals surface area contributed by atoms with Gasteiger partial charge >= 0.3 is 0 Å². The number of likely N-dealkylation sites (tertiary alicyclic amines) is 1. The molecule has 1 fully saturated rings. The summed E-state index contributed by atoms with van der Waals surface area (Å²) in [6, 6.07) is 19.2. The summed E-state index contributed by atoms with van der Waals surface area (Å²) in [4.78, 5) is 2.45. The zero-order chi connectivity index (χ0) is 20.5. The van der Waals surface area contributed by atoms with Crippen molar-refractivity contribution in [1.29, 1.82) is 0 Å². The third kappa shape index (κ3) is 6.56. The van der Waals surface area contributed by atoms with Crippen molar-refractivity contribution < 1.29 is 5.11 Å². The van der Waals surface area contributed by atoms with E-state index in [-0.39, 0.29) is 6.04 Å². The molecule has 2 atom stereocenters. The first-order chi connectivity index (χ1) is 14.2. The van der Waals surface area contributed by atoms with E-state index in [9.17, 15) is 5.11 Å². The largest absolute Gasteiger partial charge is 0.387 e. The normalized spacial score (nSPS) is 17.8. The molecule has 0 unspecified atom stereocenters. The molecule has 0 bridgehead atoms. The second-order valence-corrected chi connectivity index (χ2v) is 8.40. The van der Waals surface area contributed by atoms with E-state index < -0.39 is 6.10 Å². The number of anilines is 1. The standard InChI is InChI=1S/C25H37N3O/c1-20(25(29)23-9-11-24(12-10-23)27-16-6-5-15-26)28-17-13-22(14-18-28)19-21-7-3-2-4-8-21/h2-4,7-12,20,22,25,27,29H,5-6,13-19,26H2,1H3/t20-,25+/m1/s1. The van der Waals surface area contributed by atoms with E-state index in [0.717, 1.165) is 56.2 Å². The van der Waals surface area contributed by atoms with Gasteiger partial charge in [-0.1, -0.05) is 42.5 Å². The van der Waals surface area contributed by atoms with Crippen LogP contribution in [0.2, 0.25) is 0 Å². The van der Waals surface area contributed by atoms with Gasteiger partial charge in [0.15, 0.2) is 0 Å². The van der Waals surface area contributed by atoms with Crippen LogP contribution in [0.15, 0.2) is 54.6 Å². The van der Waals surface area contributed by atoms with Crippen LogP contribution in [-0.4, -0.2) is 42.2 Å². The van der Waals surface area contributed by atoms with Gasteiger partial charge in [-0.2, -0.15) is 0 Å². The minimum absolute atomic E-state index is 0.135. The second-order valence-electron chi connectivity index (χ2n) is 8.40. The van der Waals surface area contributed by atoms with E-state index in [1.807, 2.05) is 0 Å². The van der Waals surface area contributed by atoms with Crippen LogP contribution in [0.4, 0.5) is 5.69 Å².